The number of carbonyl (C=O) groups excluding carboxylic acids is 1. The van der Waals surface area contributed by atoms with E-state index in [1.807, 2.05) is 6.07 Å². The molecule has 2 fully saturated rings. The number of rotatable bonds is 7. The lowest BCUT2D eigenvalue weighted by Gasteiger charge is -2.22. The van der Waals surface area contributed by atoms with E-state index in [9.17, 15) is 9.18 Å². The van der Waals surface area contributed by atoms with Crippen molar-refractivity contribution in [3.05, 3.63) is 35.8 Å². The predicted octanol–water partition coefficient (Wildman–Crippen LogP) is 3.15. The van der Waals surface area contributed by atoms with Crippen molar-refractivity contribution in [2.45, 2.75) is 25.7 Å². The van der Waals surface area contributed by atoms with Crippen molar-refractivity contribution in [1.29, 1.82) is 0 Å². The van der Waals surface area contributed by atoms with Crippen LogP contribution in [0.1, 0.15) is 24.8 Å². The molecule has 1 amide bonds. The molecule has 34 heavy (non-hydrogen) atoms. The van der Waals surface area contributed by atoms with Crippen molar-refractivity contribution >= 4 is 34.8 Å². The minimum atomic E-state index is -0.582. The van der Waals surface area contributed by atoms with Crippen LogP contribution in [0.5, 0.6) is 0 Å². The van der Waals surface area contributed by atoms with Crippen LogP contribution in [0.15, 0.2) is 29.4 Å². The first-order valence-corrected chi connectivity index (χ1v) is 12.0. The van der Waals surface area contributed by atoms with E-state index in [0.717, 1.165) is 62.9 Å². The first kappa shape index (κ1) is 22.7. The minimum absolute atomic E-state index is 0.00928. The Balaban J connectivity index is 1.35. The molecule has 0 spiro atoms. The number of fused-ring (bicyclic) bond motifs is 3. The summed E-state index contributed by atoms with van der Waals surface area (Å²) in [6.45, 7) is 3.02. The number of nitrogens with zero attached hydrogens (tertiary/aromatic N) is 5. The van der Waals surface area contributed by atoms with Crippen LogP contribution >= 0.6 is 0 Å². The summed E-state index contributed by atoms with van der Waals surface area (Å²) < 4.78 is 14.6. The van der Waals surface area contributed by atoms with Gasteiger partial charge in [0.15, 0.2) is 11.6 Å². The number of aromatic nitrogens is 2. The molecule has 2 heterocycles. The summed E-state index contributed by atoms with van der Waals surface area (Å²) in [5.74, 6) is -0.118. The van der Waals surface area contributed by atoms with Gasteiger partial charge in [-0.25, -0.2) is 14.4 Å². The molecule has 3 unspecified atom stereocenters. The number of halogens is 1. The second kappa shape index (κ2) is 9.29. The molecular weight excluding hydrogens is 433 g/mol. The summed E-state index contributed by atoms with van der Waals surface area (Å²) in [7, 11) is 5.81. The normalized spacial score (nSPS) is 24.2. The van der Waals surface area contributed by atoms with E-state index in [1.165, 1.54) is 11.3 Å². The van der Waals surface area contributed by atoms with Gasteiger partial charge in [-0.2, -0.15) is 4.98 Å². The Morgan fingerprint density at radius 2 is 2.18 bits per heavy atom. The summed E-state index contributed by atoms with van der Waals surface area (Å²) in [5, 5.41) is 5.94. The van der Waals surface area contributed by atoms with Crippen LogP contribution in [-0.2, 0) is 11.2 Å². The molecule has 0 radical (unpaired) electrons. The number of hydrogen-bond acceptors (Lipinski definition) is 7. The second-order valence-electron chi connectivity index (χ2n) is 9.77. The Labute approximate surface area is 199 Å². The lowest BCUT2D eigenvalue weighted by atomic mass is 9.86. The third kappa shape index (κ3) is 4.36. The number of anilines is 3. The van der Waals surface area contributed by atoms with Gasteiger partial charge in [-0.1, -0.05) is 0 Å². The van der Waals surface area contributed by atoms with E-state index < -0.39 is 5.82 Å². The van der Waals surface area contributed by atoms with Gasteiger partial charge in [-0.05, 0) is 75.4 Å². The highest BCUT2D eigenvalue weighted by Gasteiger charge is 2.48. The van der Waals surface area contributed by atoms with Crippen molar-refractivity contribution in [2.75, 3.05) is 51.0 Å². The van der Waals surface area contributed by atoms with Gasteiger partial charge in [0.2, 0.25) is 11.9 Å². The quantitative estimate of drug-likeness (QED) is 0.654. The molecule has 3 atom stereocenters. The number of nitrogens with one attached hydrogen (secondary N) is 2. The van der Waals surface area contributed by atoms with Crippen LogP contribution < -0.4 is 15.5 Å². The number of carbonyl (C=O) groups is 1. The van der Waals surface area contributed by atoms with Crippen molar-refractivity contribution in [3.8, 4) is 0 Å². The number of hydrogen-bond donors (Lipinski definition) is 2. The number of aliphatic imine (C=N–C) groups is 1. The molecule has 1 aromatic heterocycles. The van der Waals surface area contributed by atoms with Crippen molar-refractivity contribution in [2.24, 2.45) is 22.7 Å². The van der Waals surface area contributed by atoms with Gasteiger partial charge in [0, 0.05) is 43.8 Å². The second-order valence-corrected chi connectivity index (χ2v) is 9.77. The van der Waals surface area contributed by atoms with Gasteiger partial charge in [0.1, 0.15) is 0 Å². The summed E-state index contributed by atoms with van der Waals surface area (Å²) in [5.41, 5.74) is 4.16. The minimum Gasteiger partial charge on any atom is -0.370 e. The zero-order chi connectivity index (χ0) is 23.8. The van der Waals surface area contributed by atoms with Gasteiger partial charge < -0.3 is 20.4 Å². The Hall–Kier alpha value is -3.07. The van der Waals surface area contributed by atoms with E-state index >= 15 is 0 Å². The molecule has 2 saturated carbocycles. The summed E-state index contributed by atoms with van der Waals surface area (Å²) in [6.07, 6.45) is 5.09. The number of benzene rings is 1. The largest absolute Gasteiger partial charge is 0.370 e. The third-order valence-electron chi connectivity index (χ3n) is 7.32. The first-order valence-electron chi connectivity index (χ1n) is 12.0. The van der Waals surface area contributed by atoms with Crippen LogP contribution in [0.4, 0.5) is 27.5 Å². The monoisotopic (exact) mass is 465 g/mol. The van der Waals surface area contributed by atoms with Gasteiger partial charge in [0.25, 0.3) is 0 Å². The molecule has 2 N–H and O–H groups in total. The van der Waals surface area contributed by atoms with E-state index in [1.54, 1.807) is 7.05 Å². The van der Waals surface area contributed by atoms with E-state index in [-0.39, 0.29) is 29.5 Å². The lowest BCUT2D eigenvalue weighted by Crippen LogP contribution is -2.36. The molecule has 2 bridgehead atoms. The van der Waals surface area contributed by atoms with Crippen LogP contribution in [-0.4, -0.2) is 67.3 Å². The highest BCUT2D eigenvalue weighted by molar-refractivity contribution is 6.08. The van der Waals surface area contributed by atoms with Crippen molar-refractivity contribution in [1.82, 2.24) is 20.2 Å². The molecule has 0 saturated heterocycles. The summed E-state index contributed by atoms with van der Waals surface area (Å²) in [4.78, 5) is 30.1. The van der Waals surface area contributed by atoms with Crippen LogP contribution in [0.2, 0.25) is 0 Å². The molecule has 8 nitrogen and oxygen atoms in total. The fourth-order valence-corrected chi connectivity index (χ4v) is 5.60. The molecular formula is C25H32FN7O. The first-order chi connectivity index (χ1) is 16.4. The highest BCUT2D eigenvalue weighted by atomic mass is 19.1. The summed E-state index contributed by atoms with van der Waals surface area (Å²) in [6, 6.07) is 6.23. The molecule has 2 aromatic rings. The van der Waals surface area contributed by atoms with Crippen LogP contribution in [0.25, 0.3) is 0 Å². The average Bonchev–Trinajstić information content (AvgIpc) is 3.54. The van der Waals surface area contributed by atoms with E-state index in [0.29, 0.717) is 5.95 Å². The molecule has 1 aromatic carbocycles. The van der Waals surface area contributed by atoms with E-state index in [4.69, 9.17) is 0 Å². The molecule has 3 aliphatic rings. The van der Waals surface area contributed by atoms with Gasteiger partial charge >= 0.3 is 0 Å². The SMILES string of the molecule is CNC(=O)C1C(=Nc2nc(Nc3ccc4c(c3)CCN4CCN(C)C)ncc2F)C2CCC1C2. The molecule has 9 heteroatoms. The maximum absolute atomic E-state index is 14.6. The smallest absolute Gasteiger partial charge is 0.229 e. The van der Waals surface area contributed by atoms with Gasteiger partial charge in [-0.3, -0.25) is 4.79 Å². The Morgan fingerprint density at radius 3 is 2.97 bits per heavy atom. The topological polar surface area (TPSA) is 85.7 Å². The fourth-order valence-electron chi connectivity index (χ4n) is 5.60. The van der Waals surface area contributed by atoms with Crippen molar-refractivity contribution < 1.29 is 9.18 Å². The predicted molar refractivity (Wildman–Crippen MR) is 132 cm³/mol. The lowest BCUT2D eigenvalue weighted by molar-refractivity contribution is -0.123. The maximum atomic E-state index is 14.6. The Bertz CT molecular complexity index is 1120. The Kier molecular flexibility index (Phi) is 6.20. The van der Waals surface area contributed by atoms with Crippen molar-refractivity contribution in [3.63, 3.8) is 0 Å². The average molecular weight is 466 g/mol. The fraction of sp³-hybridized carbons (Fsp3) is 0.520. The Morgan fingerprint density at radius 1 is 1.32 bits per heavy atom. The molecule has 180 valence electrons. The van der Waals surface area contributed by atoms with Crippen LogP contribution in [0, 0.1) is 23.6 Å². The number of amides is 1. The van der Waals surface area contributed by atoms with Crippen LogP contribution in [0.3, 0.4) is 0 Å². The third-order valence-corrected chi connectivity index (χ3v) is 7.32. The highest BCUT2D eigenvalue weighted by Crippen LogP contribution is 2.47. The zero-order valence-electron chi connectivity index (χ0n) is 20.0. The zero-order valence-corrected chi connectivity index (χ0v) is 20.0. The summed E-state index contributed by atoms with van der Waals surface area (Å²) >= 11 is 0. The molecule has 1 aliphatic heterocycles. The van der Waals surface area contributed by atoms with Gasteiger partial charge in [-0.15, -0.1) is 0 Å². The van der Waals surface area contributed by atoms with Gasteiger partial charge in [0.05, 0.1) is 12.1 Å². The van der Waals surface area contributed by atoms with E-state index in [2.05, 4.69) is 61.6 Å². The number of likely N-dealkylation sites (N-methyl/N-ethyl adjacent to an activating group) is 1. The maximum Gasteiger partial charge on any atom is 0.229 e. The standard InChI is InChI=1S/C25H32FN7O/c1-27-24(34)21-16-4-5-17(12-16)22(21)30-23-19(26)14-28-25(31-23)29-18-6-7-20-15(13-18)8-9-33(20)11-10-32(2)3/h6-7,13-14,16-17,21H,4-5,8-12H2,1-3H3,(H,27,34)(H,28,29,31). The molecule has 5 rings (SSSR count). The molecule has 2 aliphatic carbocycles.